The molecule has 11 nitrogen and oxygen atoms in total. The fourth-order valence-corrected chi connectivity index (χ4v) is 6.98. The van der Waals surface area contributed by atoms with Crippen molar-refractivity contribution in [3.8, 4) is 11.6 Å². The highest BCUT2D eigenvalue weighted by atomic mass is 16.5. The molecular weight excluding hydrogens is 544 g/mol. The van der Waals surface area contributed by atoms with E-state index in [-0.39, 0.29) is 28.9 Å². The number of aromatic nitrogens is 5. The predicted molar refractivity (Wildman–Crippen MR) is 163 cm³/mol. The average Bonchev–Trinajstić information content (AvgIpc) is 3.68. The molecule has 43 heavy (non-hydrogen) atoms. The zero-order chi connectivity index (χ0) is 29.5. The van der Waals surface area contributed by atoms with E-state index in [4.69, 9.17) is 14.7 Å². The number of likely N-dealkylation sites (N-methyl/N-ethyl adjacent to an activating group) is 1. The summed E-state index contributed by atoms with van der Waals surface area (Å²) in [5.41, 5.74) is 3.85. The summed E-state index contributed by atoms with van der Waals surface area (Å²) in [4.78, 5) is 45.1. The van der Waals surface area contributed by atoms with Gasteiger partial charge in [0.15, 0.2) is 29.6 Å². The number of hydrogen-bond acceptors (Lipinski definition) is 8. The molecule has 0 atom stereocenters. The Bertz CT molecular complexity index is 1900. The lowest BCUT2D eigenvalue weighted by molar-refractivity contribution is -0.121. The minimum Gasteiger partial charge on any atom is -0.480 e. The minimum absolute atomic E-state index is 0.00413. The molecule has 2 bridgehead atoms. The third kappa shape index (κ3) is 4.32. The molecule has 3 aromatic heterocycles. The number of hydrogen-bond donors (Lipinski definition) is 1. The van der Waals surface area contributed by atoms with Crippen molar-refractivity contribution in [3.05, 3.63) is 70.2 Å². The van der Waals surface area contributed by atoms with Crippen LogP contribution in [0.25, 0.3) is 16.9 Å². The van der Waals surface area contributed by atoms with E-state index in [1.165, 1.54) is 11.1 Å². The number of anilines is 3. The highest BCUT2D eigenvalue weighted by Crippen LogP contribution is 2.51. The summed E-state index contributed by atoms with van der Waals surface area (Å²) in [6.07, 6.45) is 8.68. The second kappa shape index (κ2) is 9.24. The van der Waals surface area contributed by atoms with Gasteiger partial charge in [-0.3, -0.25) is 14.5 Å². The molecule has 3 aliphatic heterocycles. The van der Waals surface area contributed by atoms with Crippen LogP contribution in [0.4, 0.5) is 17.5 Å². The van der Waals surface area contributed by atoms with Crippen LogP contribution in [0.3, 0.4) is 0 Å². The molecule has 6 heterocycles. The Morgan fingerprint density at radius 1 is 1.02 bits per heavy atom. The van der Waals surface area contributed by atoms with E-state index in [1.54, 1.807) is 20.5 Å². The maximum Gasteiger partial charge on any atom is 0.278 e. The third-order valence-electron chi connectivity index (χ3n) is 9.27. The van der Waals surface area contributed by atoms with Crippen LogP contribution in [-0.4, -0.2) is 61.9 Å². The van der Waals surface area contributed by atoms with Gasteiger partial charge in [-0.15, -0.1) is 0 Å². The molecule has 4 aromatic rings. The van der Waals surface area contributed by atoms with Gasteiger partial charge < -0.3 is 15.0 Å². The highest BCUT2D eigenvalue weighted by molar-refractivity contribution is 5.97. The quantitative estimate of drug-likeness (QED) is 0.357. The van der Waals surface area contributed by atoms with Crippen molar-refractivity contribution in [2.24, 2.45) is 5.41 Å². The van der Waals surface area contributed by atoms with E-state index in [1.807, 2.05) is 18.2 Å². The molecule has 11 heteroatoms. The molecule has 1 fully saturated rings. The van der Waals surface area contributed by atoms with Gasteiger partial charge in [-0.25, -0.2) is 19.3 Å². The second-order valence-electron chi connectivity index (χ2n) is 13.1. The van der Waals surface area contributed by atoms with Crippen LogP contribution in [0, 0.1) is 5.41 Å². The zero-order valence-electron chi connectivity index (χ0n) is 24.6. The number of fused-ring (bicyclic) bond motifs is 6. The smallest absolute Gasteiger partial charge is 0.278 e. The van der Waals surface area contributed by atoms with Crippen molar-refractivity contribution in [3.63, 3.8) is 0 Å². The predicted octanol–water partition coefficient (Wildman–Crippen LogP) is 3.91. The van der Waals surface area contributed by atoms with E-state index in [9.17, 15) is 9.59 Å². The lowest BCUT2D eigenvalue weighted by Gasteiger charge is -2.38. The molecule has 1 aromatic carbocycles. The van der Waals surface area contributed by atoms with Gasteiger partial charge in [0.2, 0.25) is 5.95 Å². The van der Waals surface area contributed by atoms with Crippen molar-refractivity contribution in [1.82, 2.24) is 29.2 Å². The maximum atomic E-state index is 13.7. The summed E-state index contributed by atoms with van der Waals surface area (Å²) in [5, 5.41) is 3.76. The van der Waals surface area contributed by atoms with Crippen molar-refractivity contribution in [2.45, 2.75) is 51.6 Å². The summed E-state index contributed by atoms with van der Waals surface area (Å²) in [5.74, 6) is 1.81. The fraction of sp³-hybridized carbons (Fsp3) is 0.406. The number of benzene rings is 1. The Labute approximate surface area is 248 Å². The molecule has 220 valence electrons. The van der Waals surface area contributed by atoms with Crippen LogP contribution < -0.4 is 20.5 Å². The van der Waals surface area contributed by atoms with Crippen molar-refractivity contribution < 1.29 is 9.53 Å². The van der Waals surface area contributed by atoms with Crippen LogP contribution in [-0.2, 0) is 23.3 Å². The molecule has 4 aliphatic rings. The molecule has 1 amide bonds. The van der Waals surface area contributed by atoms with Gasteiger partial charge in [0.1, 0.15) is 5.39 Å². The lowest BCUT2D eigenvalue weighted by Crippen LogP contribution is -2.43. The number of amides is 1. The number of carbonyl (C=O) groups excluding carboxylic acids is 1. The van der Waals surface area contributed by atoms with Crippen LogP contribution in [0.15, 0.2) is 53.5 Å². The van der Waals surface area contributed by atoms with E-state index in [2.05, 4.69) is 60.4 Å². The summed E-state index contributed by atoms with van der Waals surface area (Å²) >= 11 is 0. The van der Waals surface area contributed by atoms with Gasteiger partial charge in [-0.2, -0.15) is 4.98 Å². The number of rotatable bonds is 2. The molecule has 1 spiro atoms. The largest absolute Gasteiger partial charge is 0.480 e. The number of nitrogens with zero attached hydrogens (tertiary/aromatic N) is 7. The number of nitrogens with one attached hydrogen (secondary N) is 1. The topological polar surface area (TPSA) is 110 Å². The molecule has 8 rings (SSSR count). The first kappa shape index (κ1) is 26.1. The Morgan fingerprint density at radius 2 is 1.88 bits per heavy atom. The van der Waals surface area contributed by atoms with Crippen LogP contribution in [0.1, 0.15) is 44.2 Å². The van der Waals surface area contributed by atoms with Gasteiger partial charge in [-0.1, -0.05) is 32.1 Å². The summed E-state index contributed by atoms with van der Waals surface area (Å²) in [6, 6.07) is 10.0. The highest BCUT2D eigenvalue weighted by Gasteiger charge is 2.45. The average molecular weight is 579 g/mol. The lowest BCUT2D eigenvalue weighted by atomic mass is 9.78. The first-order valence-electron chi connectivity index (χ1n) is 14.9. The van der Waals surface area contributed by atoms with E-state index in [0.717, 1.165) is 38.0 Å². The first-order valence-corrected chi connectivity index (χ1v) is 14.9. The zero-order valence-corrected chi connectivity index (χ0v) is 24.6. The van der Waals surface area contributed by atoms with Crippen molar-refractivity contribution in [1.29, 1.82) is 0 Å². The normalized spacial score (nSPS) is 20.2. The molecule has 0 saturated heterocycles. The Hall–Kier alpha value is -4.51. The molecular formula is C32H34N8O3. The first-order chi connectivity index (χ1) is 20.7. The number of ether oxygens (including phenoxy) is 1. The number of carbonyl (C=O) groups is 1. The minimum atomic E-state index is -0.202. The SMILES string of the molecule is CN1Cc2cc(Nc3ncc4c(=O)n5n(c4n3)-c3ccc4c(n3)N(CC3(CC=CC5)CC3)C(=O)CO4)ccc2C(C)(C)C1. The van der Waals surface area contributed by atoms with Crippen LogP contribution in [0.2, 0.25) is 0 Å². The molecule has 1 saturated carbocycles. The van der Waals surface area contributed by atoms with Gasteiger partial charge >= 0.3 is 0 Å². The Kier molecular flexibility index (Phi) is 5.62. The van der Waals surface area contributed by atoms with Gasteiger partial charge in [0, 0.05) is 36.9 Å². The molecule has 0 radical (unpaired) electrons. The summed E-state index contributed by atoms with van der Waals surface area (Å²) in [7, 11) is 2.14. The molecule has 1 N–H and O–H groups in total. The van der Waals surface area contributed by atoms with Gasteiger partial charge in [0.25, 0.3) is 11.5 Å². The van der Waals surface area contributed by atoms with Crippen molar-refractivity contribution in [2.75, 3.05) is 37.0 Å². The van der Waals surface area contributed by atoms with Crippen LogP contribution in [0.5, 0.6) is 5.75 Å². The van der Waals surface area contributed by atoms with E-state index < -0.39 is 0 Å². The van der Waals surface area contributed by atoms with Gasteiger partial charge in [0.05, 0.1) is 6.54 Å². The Morgan fingerprint density at radius 3 is 2.72 bits per heavy atom. The van der Waals surface area contributed by atoms with Crippen LogP contribution >= 0.6 is 0 Å². The molecule has 1 aliphatic carbocycles. The third-order valence-corrected chi connectivity index (χ3v) is 9.27. The second-order valence-corrected chi connectivity index (χ2v) is 13.1. The standard InChI is InChI=1S/C32H34N8O3/c1-31(2)18-37(3)16-20-14-21(6-7-23(20)31)34-30-33-15-22-27(36-30)40-25-9-8-24-28(35-25)38(26(41)17-43-24)19-32(11-12-32)10-4-5-13-39(40)29(22)42/h4-9,14-15H,10-13,16-19H2,1-3H3,(H,33,34,36). The number of allylic oxidation sites excluding steroid dienone is 2. The monoisotopic (exact) mass is 578 g/mol. The van der Waals surface area contributed by atoms with E-state index >= 15 is 0 Å². The molecule has 0 unspecified atom stereocenters. The maximum absolute atomic E-state index is 13.7. The van der Waals surface area contributed by atoms with Gasteiger partial charge in [-0.05, 0) is 67.1 Å². The summed E-state index contributed by atoms with van der Waals surface area (Å²) in [6.45, 7) is 7.38. The van der Waals surface area contributed by atoms with E-state index in [0.29, 0.717) is 47.5 Å². The Balaban J connectivity index is 1.24. The number of pyridine rings is 1. The summed E-state index contributed by atoms with van der Waals surface area (Å²) < 4.78 is 9.10. The van der Waals surface area contributed by atoms with Crippen molar-refractivity contribution >= 4 is 34.4 Å². The fourth-order valence-electron chi connectivity index (χ4n) is 6.98.